The van der Waals surface area contributed by atoms with Gasteiger partial charge in [0.1, 0.15) is 18.1 Å². The maximum Gasteiger partial charge on any atom is 0.329 e. The molecule has 0 aromatic heterocycles. The van der Waals surface area contributed by atoms with Gasteiger partial charge in [0.15, 0.2) is 0 Å². The maximum atomic E-state index is 12.9. The largest absolute Gasteiger partial charge is 0.494 e. The van der Waals surface area contributed by atoms with Crippen LogP contribution in [0, 0.1) is 0 Å². The smallest absolute Gasteiger partial charge is 0.329 e. The van der Waals surface area contributed by atoms with E-state index in [0.717, 1.165) is 5.56 Å². The Morgan fingerprint density at radius 3 is 2.23 bits per heavy atom. The van der Waals surface area contributed by atoms with Gasteiger partial charge in [0.05, 0.1) is 24.1 Å². The zero-order valence-corrected chi connectivity index (χ0v) is 21.8. The summed E-state index contributed by atoms with van der Waals surface area (Å²) in [5.41, 5.74) is 4.75. The predicted octanol–water partition coefficient (Wildman–Crippen LogP) is 5.01. The summed E-state index contributed by atoms with van der Waals surface area (Å²) in [6, 6.07) is 30.2. The van der Waals surface area contributed by atoms with Gasteiger partial charge in [-0.25, -0.2) is 5.43 Å². The van der Waals surface area contributed by atoms with Gasteiger partial charge in [-0.15, -0.1) is 0 Å². The Morgan fingerprint density at radius 2 is 1.45 bits per heavy atom. The third-order valence-electron chi connectivity index (χ3n) is 5.58. The van der Waals surface area contributed by atoms with Crippen molar-refractivity contribution in [2.24, 2.45) is 5.10 Å². The van der Waals surface area contributed by atoms with Gasteiger partial charge >= 0.3 is 11.8 Å². The van der Waals surface area contributed by atoms with E-state index in [2.05, 4.69) is 21.2 Å². The van der Waals surface area contributed by atoms with Crippen LogP contribution in [0.1, 0.15) is 28.4 Å². The molecule has 9 nitrogen and oxygen atoms in total. The molecule has 0 spiro atoms. The SMILES string of the molecule is CCOc1ccc(NC(=O)c2ccccc2NC(=O)C(=O)N/N=C/c2ccccc2OCc2ccccc2)cc1. The van der Waals surface area contributed by atoms with E-state index in [1.54, 1.807) is 60.7 Å². The number of hydrazone groups is 1. The highest BCUT2D eigenvalue weighted by Crippen LogP contribution is 2.20. The average Bonchev–Trinajstić information content (AvgIpc) is 2.98. The second kappa shape index (κ2) is 13.9. The van der Waals surface area contributed by atoms with Gasteiger partial charge in [-0.05, 0) is 61.0 Å². The molecule has 0 radical (unpaired) electrons. The van der Waals surface area contributed by atoms with Crippen molar-refractivity contribution in [3.63, 3.8) is 0 Å². The number of nitrogens with zero attached hydrogens (tertiary/aromatic N) is 1. The van der Waals surface area contributed by atoms with E-state index in [1.165, 1.54) is 12.3 Å². The Bertz CT molecular complexity index is 1490. The first kappa shape index (κ1) is 27.6. The zero-order valence-electron chi connectivity index (χ0n) is 21.8. The molecule has 0 bridgehead atoms. The molecular weight excluding hydrogens is 508 g/mol. The Balaban J connectivity index is 1.34. The third-order valence-corrected chi connectivity index (χ3v) is 5.58. The minimum Gasteiger partial charge on any atom is -0.494 e. The number of ether oxygens (including phenoxy) is 2. The fraction of sp³-hybridized carbons (Fsp3) is 0.0968. The summed E-state index contributed by atoms with van der Waals surface area (Å²) in [6.45, 7) is 2.79. The Hall–Kier alpha value is -5.44. The molecule has 4 aromatic carbocycles. The molecule has 0 aliphatic rings. The third kappa shape index (κ3) is 7.78. The topological polar surface area (TPSA) is 118 Å². The number of carbonyl (C=O) groups is 3. The van der Waals surface area contributed by atoms with Crippen LogP contribution >= 0.6 is 0 Å². The standard InChI is InChI=1S/C31H28N4O5/c1-2-39-25-18-16-24(17-19-25)33-29(36)26-13-7-8-14-27(26)34-30(37)31(38)35-32-20-23-12-6-9-15-28(23)40-21-22-10-4-3-5-11-22/h3-20H,2,21H2,1H3,(H,33,36)(H,34,37)(H,35,38)/b32-20+. The number of para-hydroxylation sites is 2. The van der Waals surface area contributed by atoms with Crippen LogP contribution in [0.3, 0.4) is 0 Å². The van der Waals surface area contributed by atoms with Gasteiger partial charge in [-0.2, -0.15) is 5.10 Å². The zero-order chi connectivity index (χ0) is 28.2. The van der Waals surface area contributed by atoms with Crippen molar-refractivity contribution in [1.82, 2.24) is 5.43 Å². The first-order valence-electron chi connectivity index (χ1n) is 12.6. The molecule has 0 aliphatic heterocycles. The molecule has 4 aromatic rings. The molecule has 0 heterocycles. The number of benzene rings is 4. The van der Waals surface area contributed by atoms with Crippen molar-refractivity contribution in [1.29, 1.82) is 0 Å². The lowest BCUT2D eigenvalue weighted by atomic mass is 10.1. The monoisotopic (exact) mass is 536 g/mol. The minimum absolute atomic E-state index is 0.176. The Labute approximate surface area is 231 Å². The summed E-state index contributed by atoms with van der Waals surface area (Å²) < 4.78 is 11.3. The predicted molar refractivity (Wildman–Crippen MR) is 154 cm³/mol. The number of nitrogens with one attached hydrogen (secondary N) is 3. The second-order valence-corrected chi connectivity index (χ2v) is 8.42. The molecule has 0 atom stereocenters. The highest BCUT2D eigenvalue weighted by molar-refractivity contribution is 6.40. The van der Waals surface area contributed by atoms with Crippen molar-refractivity contribution in [2.45, 2.75) is 13.5 Å². The summed E-state index contributed by atoms with van der Waals surface area (Å²) in [5.74, 6) is -1.18. The second-order valence-electron chi connectivity index (χ2n) is 8.42. The number of rotatable bonds is 10. The fourth-order valence-electron chi connectivity index (χ4n) is 3.63. The first-order valence-corrected chi connectivity index (χ1v) is 12.6. The summed E-state index contributed by atoms with van der Waals surface area (Å²) >= 11 is 0. The van der Waals surface area contributed by atoms with E-state index >= 15 is 0 Å². The summed E-state index contributed by atoms with van der Waals surface area (Å²) in [4.78, 5) is 37.8. The van der Waals surface area contributed by atoms with Crippen molar-refractivity contribution in [3.05, 3.63) is 120 Å². The average molecular weight is 537 g/mol. The first-order chi connectivity index (χ1) is 19.5. The molecule has 3 N–H and O–H groups in total. The van der Waals surface area contributed by atoms with Gasteiger partial charge in [0, 0.05) is 11.3 Å². The highest BCUT2D eigenvalue weighted by Gasteiger charge is 2.18. The molecule has 0 unspecified atom stereocenters. The van der Waals surface area contributed by atoms with E-state index in [9.17, 15) is 14.4 Å². The molecule has 3 amide bonds. The van der Waals surface area contributed by atoms with E-state index in [0.29, 0.717) is 36.0 Å². The lowest BCUT2D eigenvalue weighted by Crippen LogP contribution is -2.33. The highest BCUT2D eigenvalue weighted by atomic mass is 16.5. The van der Waals surface area contributed by atoms with Crippen LogP contribution in [0.15, 0.2) is 108 Å². The van der Waals surface area contributed by atoms with E-state index in [4.69, 9.17) is 9.47 Å². The van der Waals surface area contributed by atoms with Crippen molar-refractivity contribution in [2.75, 3.05) is 17.2 Å². The van der Waals surface area contributed by atoms with Crippen LogP contribution in [0.5, 0.6) is 11.5 Å². The van der Waals surface area contributed by atoms with Crippen LogP contribution in [-0.2, 0) is 16.2 Å². The van der Waals surface area contributed by atoms with Crippen molar-refractivity contribution < 1.29 is 23.9 Å². The summed E-state index contributed by atoms with van der Waals surface area (Å²) in [7, 11) is 0. The van der Waals surface area contributed by atoms with Gasteiger partial charge in [-0.1, -0.05) is 54.6 Å². The molecule has 202 valence electrons. The van der Waals surface area contributed by atoms with Crippen LogP contribution in [0.25, 0.3) is 0 Å². The van der Waals surface area contributed by atoms with E-state index in [1.807, 2.05) is 43.3 Å². The van der Waals surface area contributed by atoms with Gasteiger partial charge in [0.25, 0.3) is 5.91 Å². The number of carbonyl (C=O) groups excluding carboxylic acids is 3. The quantitative estimate of drug-likeness (QED) is 0.150. The lowest BCUT2D eigenvalue weighted by Gasteiger charge is -2.11. The minimum atomic E-state index is -0.999. The van der Waals surface area contributed by atoms with Crippen molar-refractivity contribution >= 4 is 35.3 Å². The Kier molecular flexibility index (Phi) is 9.60. The Morgan fingerprint density at radius 1 is 0.750 bits per heavy atom. The maximum absolute atomic E-state index is 12.9. The number of amides is 3. The van der Waals surface area contributed by atoms with Crippen LogP contribution in [0.4, 0.5) is 11.4 Å². The van der Waals surface area contributed by atoms with E-state index < -0.39 is 17.7 Å². The van der Waals surface area contributed by atoms with Crippen LogP contribution < -0.4 is 25.5 Å². The fourth-order valence-corrected chi connectivity index (χ4v) is 3.63. The van der Waals surface area contributed by atoms with Crippen LogP contribution in [-0.4, -0.2) is 30.5 Å². The number of hydrogen-bond donors (Lipinski definition) is 3. The lowest BCUT2D eigenvalue weighted by molar-refractivity contribution is -0.136. The number of hydrogen-bond acceptors (Lipinski definition) is 6. The molecule has 9 heteroatoms. The molecule has 40 heavy (non-hydrogen) atoms. The number of anilines is 2. The molecule has 0 saturated carbocycles. The normalized spacial score (nSPS) is 10.5. The molecule has 0 saturated heterocycles. The van der Waals surface area contributed by atoms with Gasteiger partial charge < -0.3 is 20.1 Å². The molecule has 0 aliphatic carbocycles. The van der Waals surface area contributed by atoms with Crippen molar-refractivity contribution in [3.8, 4) is 11.5 Å². The van der Waals surface area contributed by atoms with Crippen LogP contribution in [0.2, 0.25) is 0 Å². The molecule has 4 rings (SSSR count). The molecular formula is C31H28N4O5. The summed E-state index contributed by atoms with van der Waals surface area (Å²) in [6.07, 6.45) is 1.39. The van der Waals surface area contributed by atoms with Gasteiger partial charge in [0.2, 0.25) is 0 Å². The van der Waals surface area contributed by atoms with E-state index in [-0.39, 0.29) is 11.3 Å². The summed E-state index contributed by atoms with van der Waals surface area (Å²) in [5, 5.41) is 9.14. The van der Waals surface area contributed by atoms with Gasteiger partial charge in [-0.3, -0.25) is 14.4 Å². The molecule has 0 fully saturated rings.